The van der Waals surface area contributed by atoms with E-state index in [4.69, 9.17) is 64.6 Å². The van der Waals surface area contributed by atoms with Crippen LogP contribution in [0.5, 0.6) is 0 Å². The summed E-state index contributed by atoms with van der Waals surface area (Å²) < 4.78 is 106. The van der Waals surface area contributed by atoms with Crippen LogP contribution in [0.4, 0.5) is 51.2 Å². The van der Waals surface area contributed by atoms with Gasteiger partial charge in [0.15, 0.2) is 5.69 Å². The average Bonchev–Trinajstić information content (AvgIpc) is 1.42. The van der Waals surface area contributed by atoms with Gasteiger partial charge < -0.3 is 26.3 Å². The molecule has 4 saturated heterocycles. The molecule has 8 aromatic carbocycles. The maximum atomic E-state index is 12.9. The Hall–Kier alpha value is -12.8. The van der Waals surface area contributed by atoms with E-state index < -0.39 is 40.1 Å². The van der Waals surface area contributed by atoms with Crippen molar-refractivity contribution in [2.75, 3.05) is 87.7 Å². The van der Waals surface area contributed by atoms with Gasteiger partial charge in [-0.05, 0) is 258 Å². The number of amides is 4. The van der Waals surface area contributed by atoms with Gasteiger partial charge in [-0.1, -0.05) is 70.1 Å². The highest BCUT2D eigenvalue weighted by Crippen LogP contribution is 2.38. The molecule has 6 aromatic heterocycles. The summed E-state index contributed by atoms with van der Waals surface area (Å²) in [7, 11) is -13.2. The van der Waals surface area contributed by atoms with Crippen LogP contribution in [0, 0.1) is 6.57 Å². The quantitative estimate of drug-likeness (QED) is 0.0561. The number of aromatic amines is 1. The van der Waals surface area contributed by atoms with Crippen molar-refractivity contribution in [2.45, 2.75) is 51.4 Å². The monoisotopic (exact) mass is 1900 g/mol. The van der Waals surface area contributed by atoms with Gasteiger partial charge in [-0.25, -0.2) is 48.0 Å². The van der Waals surface area contributed by atoms with Crippen molar-refractivity contribution in [1.82, 2.24) is 34.5 Å². The number of H-pyrrole nitrogens is 1. The molecule has 0 atom stereocenters. The zero-order valence-corrected chi connectivity index (χ0v) is 75.4. The predicted molar refractivity (Wildman–Crippen MR) is 510 cm³/mol. The van der Waals surface area contributed by atoms with Crippen molar-refractivity contribution in [1.29, 1.82) is 0 Å². The molecule has 0 radical (unpaired) electrons. The number of sulfonamides is 4. The number of hydrogen-bond acceptors (Lipinski definition) is 17. The topological polar surface area (TPSA) is 355 Å². The normalized spacial score (nSPS) is 15.4. The molecule has 0 spiro atoms. The Labute approximate surface area is 769 Å². The van der Waals surface area contributed by atoms with E-state index in [2.05, 4.69) is 56.1 Å². The number of hydrogen-bond donors (Lipinski definition) is 5. The fourth-order valence-corrected chi connectivity index (χ4v) is 22.4. The summed E-state index contributed by atoms with van der Waals surface area (Å²) in [6, 6.07) is 61.5. The molecule has 37 heteroatoms. The molecule has 0 unspecified atom stereocenters. The minimum atomic E-state index is -3.36. The van der Waals surface area contributed by atoms with E-state index in [1.165, 1.54) is 42.0 Å². The maximum absolute atomic E-state index is 12.9. The zero-order valence-electron chi connectivity index (χ0n) is 68.4. The largest absolute Gasteiger partial charge is 0.360 e. The van der Waals surface area contributed by atoms with Crippen molar-refractivity contribution in [3.8, 4) is 45.0 Å². The van der Waals surface area contributed by atoms with Crippen molar-refractivity contribution >= 4 is 189 Å². The van der Waals surface area contributed by atoms with Crippen molar-refractivity contribution in [3.05, 3.63) is 314 Å². The van der Waals surface area contributed by atoms with Gasteiger partial charge in [0.2, 0.25) is 40.1 Å². The van der Waals surface area contributed by atoms with Crippen LogP contribution >= 0.6 is 58.0 Å². The van der Waals surface area contributed by atoms with Crippen LogP contribution in [-0.2, 0) is 40.1 Å². The standard InChI is InChI=1S/C24H21ClN4O3S.C23H20ClN5O3S.C23H19ClN4O3S.C22H19Cl2N3O3S/c25-21-8-5-18(14-20(21)22-13-17-9-10-26-23(17)15-27-22)28-24(30)16-3-6-19(7-4-16)29-11-1-2-12-33(29,31)32;24-20-14-18(29-11-1-2-12-33(29,31)32)8-9-19(20)23(30)27-17-6-3-5-16(13-17)22-21-7-4-10-28(21)26-15-25-22;1-25-17-10-11-26-22(15-17)20-14-18(6-9-21(20)24)27-23(29)16-4-7-19(8-5-16)28-12-2-3-13-32(28,30)31;23-16-5-10-21(25-14-16)19-13-17(6-9-20(19)24)26-22(28)15-3-7-18(8-4-15)27-11-1-2-12-31(27,29)30/h3-10,13-15,26H,1-2,11-12H2,(H,28,30);3-10,13-15H,1-2,11-12H2,(H,27,30);4-11,14-15H,2-3,12-13H2,(H,27,29);3-10,13-14H,1-2,11-12H2,(H,26,28). The number of anilines is 8. The first-order valence-electron chi connectivity index (χ1n) is 40.6. The van der Waals surface area contributed by atoms with E-state index in [9.17, 15) is 52.8 Å². The number of nitrogens with zero attached hydrogens (tertiary/aromatic N) is 11. The summed E-state index contributed by atoms with van der Waals surface area (Å²) in [6.45, 7) is 8.94. The van der Waals surface area contributed by atoms with Gasteiger partial charge in [0.05, 0.1) is 123 Å². The number of rotatable bonds is 16. The minimum Gasteiger partial charge on any atom is -0.360 e. The van der Waals surface area contributed by atoms with Crippen LogP contribution in [0.3, 0.4) is 0 Å². The predicted octanol–water partition coefficient (Wildman–Crippen LogP) is 19.7. The van der Waals surface area contributed by atoms with Crippen LogP contribution < -0.4 is 38.5 Å². The fraction of sp³-hybridized carbons (Fsp3) is 0.174. The van der Waals surface area contributed by atoms with Crippen LogP contribution in [-0.4, -0.2) is 141 Å². The lowest BCUT2D eigenvalue weighted by Gasteiger charge is -2.28. The fourth-order valence-electron chi connectivity index (χ4n) is 14.8. The van der Waals surface area contributed by atoms with Gasteiger partial charge in [0.1, 0.15) is 6.33 Å². The lowest BCUT2D eigenvalue weighted by Crippen LogP contribution is -2.37. The minimum absolute atomic E-state index is 0.116. The number of fused-ring (bicyclic) bond motifs is 2. The number of carbonyl (C=O) groups excluding carboxylic acids is 4. The summed E-state index contributed by atoms with van der Waals surface area (Å²) in [5.74, 6) is -0.783. The lowest BCUT2D eigenvalue weighted by atomic mass is 10.1. The van der Waals surface area contributed by atoms with Crippen LogP contribution in [0.1, 0.15) is 92.8 Å². The highest BCUT2D eigenvalue weighted by molar-refractivity contribution is 7.93. The number of halogens is 5. The van der Waals surface area contributed by atoms with Gasteiger partial charge >= 0.3 is 0 Å². The molecular formula is C92H79Cl5N16O12S4. The molecule has 0 aliphatic carbocycles. The molecule has 129 heavy (non-hydrogen) atoms. The first-order valence-corrected chi connectivity index (χ1v) is 48.9. The Morgan fingerprint density at radius 3 is 1.31 bits per heavy atom. The molecule has 10 heterocycles. The first kappa shape index (κ1) is 91.0. The molecule has 14 aromatic rings. The number of aromatic nitrogens is 7. The van der Waals surface area contributed by atoms with E-state index in [1.807, 2.05) is 54.9 Å². The van der Waals surface area contributed by atoms with Gasteiger partial charge in [-0.15, -0.1) is 0 Å². The zero-order chi connectivity index (χ0) is 90.7. The number of benzene rings is 8. The molecule has 658 valence electrons. The molecule has 28 nitrogen and oxygen atoms in total. The smallest absolute Gasteiger partial charge is 0.257 e. The molecule has 18 rings (SSSR count). The van der Waals surface area contributed by atoms with Crippen LogP contribution in [0.25, 0.3) is 66.3 Å². The summed E-state index contributed by atoms with van der Waals surface area (Å²) in [5, 5.41) is 18.8. The summed E-state index contributed by atoms with van der Waals surface area (Å²) in [4.78, 5) is 75.1. The molecule has 5 N–H and O–H groups in total. The Morgan fingerprint density at radius 2 is 0.845 bits per heavy atom. The second kappa shape index (κ2) is 39.8. The number of nitrogens with one attached hydrogen (secondary N) is 5. The highest BCUT2D eigenvalue weighted by Gasteiger charge is 2.31. The van der Waals surface area contributed by atoms with E-state index in [-0.39, 0.29) is 57.2 Å². The summed E-state index contributed by atoms with van der Waals surface area (Å²) in [6.07, 6.45) is 15.9. The Bertz CT molecular complexity index is 7140. The van der Waals surface area contributed by atoms with Crippen LogP contribution in [0.2, 0.25) is 25.1 Å². The molecule has 0 bridgehead atoms. The third-order valence-corrected chi connectivity index (χ3v) is 30.4. The summed E-state index contributed by atoms with van der Waals surface area (Å²) in [5.41, 5.74) is 13.6. The third-order valence-electron chi connectivity index (χ3n) is 21.4. The SMILES string of the molecule is O=C(Nc1ccc(Cl)c(-c2cc3cc[nH]c3cn2)c1)c1ccc(N2CCCCS2(=O)=O)cc1.O=C(Nc1ccc(Cl)c(-c2ccc(Cl)cn2)c1)c1ccc(N2CCCCS2(=O)=O)cc1.O=C(Nc1cccc(-c2ncnn3cccc23)c1)c1ccc(N2CCCCS2(=O)=O)cc1Cl.[C-]#[N+]c1ccnc(-c2cc(NC(=O)c3ccc(N4CCCCS4(=O)=O)cc3)ccc2Cl)c1. The van der Waals surface area contributed by atoms with E-state index in [0.29, 0.717) is 174 Å². The molecular weight excluding hydrogens is 1830 g/mol. The molecule has 4 aliphatic rings. The maximum Gasteiger partial charge on any atom is 0.257 e. The first-order chi connectivity index (χ1) is 62.0. The van der Waals surface area contributed by atoms with E-state index in [1.54, 1.807) is 181 Å². The van der Waals surface area contributed by atoms with Crippen molar-refractivity contribution in [3.63, 3.8) is 0 Å². The van der Waals surface area contributed by atoms with E-state index >= 15 is 0 Å². The van der Waals surface area contributed by atoms with Crippen molar-refractivity contribution < 1.29 is 52.8 Å². The molecule has 4 amide bonds. The second-order valence-electron chi connectivity index (χ2n) is 30.1. The lowest BCUT2D eigenvalue weighted by molar-refractivity contribution is 0.101. The van der Waals surface area contributed by atoms with Gasteiger partial charge in [0.25, 0.3) is 23.6 Å². The second-order valence-corrected chi connectivity index (χ2v) is 40.2. The molecule has 4 aliphatic heterocycles. The third kappa shape index (κ3) is 21.8. The van der Waals surface area contributed by atoms with Gasteiger partial charge in [-0.2, -0.15) is 5.10 Å². The number of carbonyl (C=O) groups is 4. The van der Waals surface area contributed by atoms with Crippen LogP contribution in [0.15, 0.2) is 256 Å². The highest BCUT2D eigenvalue weighted by atomic mass is 35.5. The molecule has 4 fully saturated rings. The Kier molecular flexibility index (Phi) is 28.1. The van der Waals surface area contributed by atoms with E-state index in [0.717, 1.165) is 53.4 Å². The number of pyridine rings is 3. The van der Waals surface area contributed by atoms with Gasteiger partial charge in [-0.3, -0.25) is 51.4 Å². The van der Waals surface area contributed by atoms with Crippen molar-refractivity contribution in [2.24, 2.45) is 0 Å². The Balaban J connectivity index is 0.000000132. The van der Waals surface area contributed by atoms with Gasteiger partial charge in [0, 0.05) is 118 Å². The Morgan fingerprint density at radius 1 is 0.395 bits per heavy atom. The summed E-state index contributed by atoms with van der Waals surface area (Å²) >= 11 is 31.3. The average molecular weight is 1910 g/mol. The molecule has 0 saturated carbocycles.